The molecule has 2 fully saturated rings. The van der Waals surface area contributed by atoms with E-state index in [1.165, 1.54) is 24.7 Å². The number of nitrogens with zero attached hydrogens (tertiary/aromatic N) is 2. The zero-order valence-electron chi connectivity index (χ0n) is 19.2. The minimum Gasteiger partial charge on any atom is -0.472 e. The first-order valence-corrected chi connectivity index (χ1v) is 12.2. The number of furan rings is 1. The van der Waals surface area contributed by atoms with Gasteiger partial charge in [0.25, 0.3) is 11.8 Å². The highest BCUT2D eigenvalue weighted by molar-refractivity contribution is 6.33. The van der Waals surface area contributed by atoms with Gasteiger partial charge in [0, 0.05) is 32.7 Å². The van der Waals surface area contributed by atoms with Gasteiger partial charge in [0.15, 0.2) is 0 Å². The quantitative estimate of drug-likeness (QED) is 0.518. The zero-order valence-corrected chi connectivity index (χ0v) is 20.0. The molecule has 0 bridgehead atoms. The summed E-state index contributed by atoms with van der Waals surface area (Å²) in [7, 11) is 0. The maximum atomic E-state index is 14.2. The molecule has 2 aromatic carbocycles. The van der Waals surface area contributed by atoms with E-state index in [-0.39, 0.29) is 28.4 Å². The molecule has 2 amide bonds. The van der Waals surface area contributed by atoms with Crippen LogP contribution in [0.2, 0.25) is 5.02 Å². The lowest BCUT2D eigenvalue weighted by Gasteiger charge is -2.25. The van der Waals surface area contributed by atoms with Gasteiger partial charge in [-0.1, -0.05) is 48.0 Å². The van der Waals surface area contributed by atoms with Crippen molar-refractivity contribution in [3.63, 3.8) is 0 Å². The van der Waals surface area contributed by atoms with Crippen LogP contribution in [0.5, 0.6) is 0 Å². The van der Waals surface area contributed by atoms with Gasteiger partial charge >= 0.3 is 0 Å². The third kappa shape index (κ3) is 5.11. The maximum Gasteiger partial charge on any atom is 0.258 e. The molecule has 1 N–H and O–H groups in total. The molecule has 8 heteroatoms. The van der Waals surface area contributed by atoms with Crippen molar-refractivity contribution in [3.8, 4) is 0 Å². The fourth-order valence-electron chi connectivity index (χ4n) is 5.25. The number of hydrogen-bond donors (Lipinski definition) is 1. The van der Waals surface area contributed by atoms with Crippen LogP contribution in [-0.4, -0.2) is 54.3 Å². The van der Waals surface area contributed by atoms with E-state index < -0.39 is 5.82 Å². The molecule has 182 valence electrons. The van der Waals surface area contributed by atoms with Gasteiger partial charge in [0.05, 0.1) is 28.5 Å². The van der Waals surface area contributed by atoms with Crippen LogP contribution in [0.25, 0.3) is 0 Å². The van der Waals surface area contributed by atoms with Gasteiger partial charge in [-0.25, -0.2) is 4.39 Å². The molecule has 5 rings (SSSR count). The van der Waals surface area contributed by atoms with Crippen molar-refractivity contribution in [1.29, 1.82) is 0 Å². The number of carbonyl (C=O) groups is 2. The highest BCUT2D eigenvalue weighted by atomic mass is 35.5. The molecule has 3 aromatic rings. The summed E-state index contributed by atoms with van der Waals surface area (Å²) in [4.78, 5) is 29.7. The van der Waals surface area contributed by atoms with E-state index in [4.69, 9.17) is 16.0 Å². The van der Waals surface area contributed by atoms with E-state index in [0.29, 0.717) is 30.5 Å². The van der Waals surface area contributed by atoms with Crippen molar-refractivity contribution in [2.45, 2.75) is 12.5 Å². The number of nitrogens with one attached hydrogen (secondary N) is 1. The second-order valence-corrected chi connectivity index (χ2v) is 9.73. The Balaban J connectivity index is 1.18. The molecule has 35 heavy (non-hydrogen) atoms. The summed E-state index contributed by atoms with van der Waals surface area (Å²) in [6.45, 7) is 3.77. The molecule has 2 unspecified atom stereocenters. The van der Waals surface area contributed by atoms with Crippen molar-refractivity contribution in [3.05, 3.63) is 94.7 Å². The van der Waals surface area contributed by atoms with Gasteiger partial charge in [-0.2, -0.15) is 0 Å². The summed E-state index contributed by atoms with van der Waals surface area (Å²) in [5, 5.41) is 3.29. The van der Waals surface area contributed by atoms with Crippen LogP contribution in [-0.2, 0) is 0 Å². The largest absolute Gasteiger partial charge is 0.472 e. The van der Waals surface area contributed by atoms with Gasteiger partial charge in [-0.15, -0.1) is 0 Å². The fraction of sp³-hybridized carbons (Fsp3) is 0.333. The fourth-order valence-corrected chi connectivity index (χ4v) is 5.50. The normalized spacial score (nSPS) is 20.6. The minimum atomic E-state index is -0.578. The Hall–Kier alpha value is -3.16. The molecule has 1 aromatic heterocycles. The number of amides is 2. The molecule has 3 atom stereocenters. The number of carbonyl (C=O) groups excluding carboxylic acids is 2. The molecule has 0 spiro atoms. The number of likely N-dealkylation sites (tertiary alicyclic amines) is 2. The second-order valence-electron chi connectivity index (χ2n) is 9.32. The third-order valence-corrected chi connectivity index (χ3v) is 7.37. The lowest BCUT2D eigenvalue weighted by molar-refractivity contribution is 0.0769. The van der Waals surface area contributed by atoms with E-state index >= 15 is 0 Å². The van der Waals surface area contributed by atoms with Crippen molar-refractivity contribution in [1.82, 2.24) is 15.1 Å². The SMILES string of the molecule is O=C(NC(CCN1CC2CN(C(=O)c3c(F)cccc3Cl)C[C@@H]2C1)c1ccccc1)c1ccoc1. The first kappa shape index (κ1) is 23.6. The lowest BCUT2D eigenvalue weighted by Crippen LogP contribution is -2.35. The Bertz CT molecular complexity index is 1150. The van der Waals surface area contributed by atoms with Crippen LogP contribution >= 0.6 is 11.6 Å². The molecule has 2 saturated heterocycles. The second kappa shape index (κ2) is 10.2. The van der Waals surface area contributed by atoms with E-state index in [0.717, 1.165) is 31.6 Å². The zero-order chi connectivity index (χ0) is 24.4. The summed E-state index contributed by atoms with van der Waals surface area (Å²) in [5.41, 5.74) is 1.52. The van der Waals surface area contributed by atoms with Crippen LogP contribution in [0.3, 0.4) is 0 Å². The van der Waals surface area contributed by atoms with Crippen LogP contribution in [0.1, 0.15) is 38.7 Å². The Morgan fingerprint density at radius 1 is 1.03 bits per heavy atom. The minimum absolute atomic E-state index is 0.0370. The highest BCUT2D eigenvalue weighted by Crippen LogP contribution is 2.33. The lowest BCUT2D eigenvalue weighted by atomic mass is 10.0. The predicted octanol–water partition coefficient (Wildman–Crippen LogP) is 4.64. The summed E-state index contributed by atoms with van der Waals surface area (Å²) >= 11 is 6.11. The summed E-state index contributed by atoms with van der Waals surface area (Å²) in [5.74, 6) is -0.377. The predicted molar refractivity (Wildman–Crippen MR) is 131 cm³/mol. The molecule has 0 aliphatic carbocycles. The number of hydrogen-bond acceptors (Lipinski definition) is 4. The number of fused-ring (bicyclic) bond motifs is 1. The van der Waals surface area contributed by atoms with Crippen LogP contribution < -0.4 is 5.32 Å². The highest BCUT2D eigenvalue weighted by Gasteiger charge is 2.42. The smallest absolute Gasteiger partial charge is 0.258 e. The van der Waals surface area contributed by atoms with E-state index in [9.17, 15) is 14.0 Å². The van der Waals surface area contributed by atoms with Crippen molar-refractivity contribution >= 4 is 23.4 Å². The van der Waals surface area contributed by atoms with Crippen LogP contribution in [0, 0.1) is 17.7 Å². The van der Waals surface area contributed by atoms with Crippen LogP contribution in [0.4, 0.5) is 4.39 Å². The van der Waals surface area contributed by atoms with Gasteiger partial charge in [0.1, 0.15) is 12.1 Å². The summed E-state index contributed by atoms with van der Waals surface area (Å²) in [6.07, 6.45) is 3.70. The number of halogens is 2. The van der Waals surface area contributed by atoms with E-state index in [2.05, 4.69) is 10.2 Å². The van der Waals surface area contributed by atoms with Gasteiger partial charge in [-0.3, -0.25) is 9.59 Å². The number of benzene rings is 2. The Morgan fingerprint density at radius 3 is 2.43 bits per heavy atom. The molecular formula is C27H27ClFN3O3. The molecular weight excluding hydrogens is 469 g/mol. The average Bonchev–Trinajstić information content (AvgIpc) is 3.59. The molecule has 3 heterocycles. The summed E-state index contributed by atoms with van der Waals surface area (Å²) in [6, 6.07) is 15.8. The Kier molecular flexibility index (Phi) is 6.88. The Labute approximate surface area is 208 Å². The molecule has 2 aliphatic heterocycles. The third-order valence-electron chi connectivity index (χ3n) is 7.05. The van der Waals surface area contributed by atoms with Crippen molar-refractivity contribution < 1.29 is 18.4 Å². The molecule has 2 aliphatic rings. The molecule has 6 nitrogen and oxygen atoms in total. The number of rotatable bonds is 7. The van der Waals surface area contributed by atoms with Crippen molar-refractivity contribution in [2.75, 3.05) is 32.7 Å². The summed E-state index contributed by atoms with van der Waals surface area (Å²) < 4.78 is 19.3. The monoisotopic (exact) mass is 495 g/mol. The van der Waals surface area contributed by atoms with E-state index in [1.807, 2.05) is 30.3 Å². The topological polar surface area (TPSA) is 65.8 Å². The van der Waals surface area contributed by atoms with Gasteiger partial charge < -0.3 is 19.5 Å². The Morgan fingerprint density at radius 2 is 1.77 bits per heavy atom. The van der Waals surface area contributed by atoms with Crippen molar-refractivity contribution in [2.24, 2.45) is 11.8 Å². The average molecular weight is 496 g/mol. The molecule has 0 saturated carbocycles. The van der Waals surface area contributed by atoms with Gasteiger partial charge in [-0.05, 0) is 42.0 Å². The first-order chi connectivity index (χ1) is 17.0. The maximum absolute atomic E-state index is 14.2. The van der Waals surface area contributed by atoms with Gasteiger partial charge in [0.2, 0.25) is 0 Å². The standard InChI is InChI=1S/C27H27ClFN3O3/c28-22-7-4-8-23(29)25(22)27(34)32-15-20-13-31(14-21(20)16-32)11-9-24(18-5-2-1-3-6-18)30-26(33)19-10-12-35-17-19/h1-8,10,12,17,20-21,24H,9,11,13-16H2,(H,30,33)/t20-,21?,24?/m0/s1. The first-order valence-electron chi connectivity index (χ1n) is 11.8. The van der Waals surface area contributed by atoms with E-state index in [1.54, 1.807) is 17.0 Å². The van der Waals surface area contributed by atoms with Crippen LogP contribution in [0.15, 0.2) is 71.5 Å². The molecule has 0 radical (unpaired) electrons.